The van der Waals surface area contributed by atoms with E-state index in [1.165, 1.54) is 38.5 Å². The highest BCUT2D eigenvalue weighted by Gasteiger charge is 2.29. The first-order chi connectivity index (χ1) is 8.72. The Morgan fingerprint density at radius 3 is 2.33 bits per heavy atom. The highest BCUT2D eigenvalue weighted by Crippen LogP contribution is 2.34. The molecule has 1 aliphatic rings. The van der Waals surface area contributed by atoms with E-state index in [0.29, 0.717) is 6.04 Å². The van der Waals surface area contributed by atoms with E-state index in [1.807, 2.05) is 0 Å². The van der Waals surface area contributed by atoms with Crippen LogP contribution >= 0.6 is 0 Å². The highest BCUT2D eigenvalue weighted by molar-refractivity contribution is 4.84. The number of nitrogens with one attached hydrogen (secondary N) is 1. The van der Waals surface area contributed by atoms with Gasteiger partial charge in [-0.3, -0.25) is 0 Å². The van der Waals surface area contributed by atoms with E-state index in [0.717, 1.165) is 30.9 Å². The van der Waals surface area contributed by atoms with Crippen molar-refractivity contribution < 1.29 is 4.74 Å². The Hall–Kier alpha value is -0.0800. The Balaban J connectivity index is 2.45. The molecule has 1 aliphatic carbocycles. The number of methoxy groups -OCH3 is 1. The molecule has 108 valence electrons. The van der Waals surface area contributed by atoms with Gasteiger partial charge in [0.05, 0.1) is 0 Å². The Morgan fingerprint density at radius 1 is 1.17 bits per heavy atom. The van der Waals surface area contributed by atoms with E-state index in [1.54, 1.807) is 7.11 Å². The summed E-state index contributed by atoms with van der Waals surface area (Å²) in [5.41, 5.74) is 0. The van der Waals surface area contributed by atoms with Gasteiger partial charge < -0.3 is 10.1 Å². The lowest BCUT2D eigenvalue weighted by Gasteiger charge is -2.37. The second-order valence-corrected chi connectivity index (χ2v) is 6.03. The van der Waals surface area contributed by atoms with Crippen LogP contribution in [-0.4, -0.2) is 26.3 Å². The smallest absolute Gasteiger partial charge is 0.0465 e. The predicted octanol–water partition coefficient (Wildman–Crippen LogP) is 3.85. The molecule has 2 atom stereocenters. The fraction of sp³-hybridized carbons (Fsp3) is 1.00. The summed E-state index contributed by atoms with van der Waals surface area (Å²) in [6.07, 6.45) is 8.29. The van der Waals surface area contributed by atoms with Crippen LogP contribution in [0.25, 0.3) is 0 Å². The minimum atomic E-state index is 0.697. The molecule has 18 heavy (non-hydrogen) atoms. The van der Waals surface area contributed by atoms with Crippen LogP contribution in [0.15, 0.2) is 0 Å². The molecule has 2 heteroatoms. The van der Waals surface area contributed by atoms with Crippen LogP contribution in [0.1, 0.15) is 59.3 Å². The lowest BCUT2D eigenvalue weighted by Crippen LogP contribution is -2.43. The summed E-state index contributed by atoms with van der Waals surface area (Å²) in [4.78, 5) is 0. The van der Waals surface area contributed by atoms with Gasteiger partial charge in [0, 0.05) is 19.8 Å². The van der Waals surface area contributed by atoms with E-state index in [9.17, 15) is 0 Å². The van der Waals surface area contributed by atoms with Gasteiger partial charge in [0.15, 0.2) is 0 Å². The van der Waals surface area contributed by atoms with E-state index >= 15 is 0 Å². The first-order valence-corrected chi connectivity index (χ1v) is 7.95. The molecule has 0 bridgehead atoms. The molecule has 2 nitrogen and oxygen atoms in total. The van der Waals surface area contributed by atoms with Crippen molar-refractivity contribution in [2.75, 3.05) is 20.3 Å². The van der Waals surface area contributed by atoms with Crippen LogP contribution in [0.5, 0.6) is 0 Å². The maximum absolute atomic E-state index is 5.23. The van der Waals surface area contributed by atoms with Crippen molar-refractivity contribution in [3.05, 3.63) is 0 Å². The second-order valence-electron chi connectivity index (χ2n) is 6.03. The van der Waals surface area contributed by atoms with Gasteiger partial charge in [-0.05, 0) is 43.6 Å². The van der Waals surface area contributed by atoms with Crippen molar-refractivity contribution in [3.8, 4) is 0 Å². The average Bonchev–Trinajstić information content (AvgIpc) is 2.42. The van der Waals surface area contributed by atoms with Gasteiger partial charge in [-0.2, -0.15) is 0 Å². The van der Waals surface area contributed by atoms with Crippen molar-refractivity contribution >= 4 is 0 Å². The summed E-state index contributed by atoms with van der Waals surface area (Å²) in [5.74, 6) is 2.62. The fourth-order valence-electron chi connectivity index (χ4n) is 3.51. The SMILES string of the molecule is CCNC(C(C)CCOC)C1CCC(CC)CC1. The van der Waals surface area contributed by atoms with E-state index in [2.05, 4.69) is 26.1 Å². The topological polar surface area (TPSA) is 21.3 Å². The molecule has 0 saturated heterocycles. The largest absolute Gasteiger partial charge is 0.385 e. The zero-order chi connectivity index (χ0) is 13.4. The third-order valence-electron chi connectivity index (χ3n) is 4.81. The molecule has 1 saturated carbocycles. The van der Waals surface area contributed by atoms with Crippen molar-refractivity contribution in [2.45, 2.75) is 65.3 Å². The lowest BCUT2D eigenvalue weighted by atomic mass is 9.74. The van der Waals surface area contributed by atoms with Crippen molar-refractivity contribution in [2.24, 2.45) is 17.8 Å². The maximum atomic E-state index is 5.23. The fourth-order valence-corrected chi connectivity index (χ4v) is 3.51. The summed E-state index contributed by atoms with van der Waals surface area (Å²) in [5, 5.41) is 3.74. The van der Waals surface area contributed by atoms with Crippen LogP contribution in [0, 0.1) is 17.8 Å². The number of hydrogen-bond acceptors (Lipinski definition) is 2. The molecule has 0 aromatic heterocycles. The van der Waals surface area contributed by atoms with Crippen LogP contribution in [0.2, 0.25) is 0 Å². The van der Waals surface area contributed by atoms with Gasteiger partial charge in [0.2, 0.25) is 0 Å². The molecule has 0 aromatic carbocycles. The van der Waals surface area contributed by atoms with Crippen molar-refractivity contribution in [1.29, 1.82) is 0 Å². The second kappa shape index (κ2) is 8.92. The third kappa shape index (κ3) is 4.89. The molecule has 0 spiro atoms. The first kappa shape index (κ1) is 16.0. The average molecular weight is 255 g/mol. The molecule has 2 unspecified atom stereocenters. The van der Waals surface area contributed by atoms with Crippen LogP contribution < -0.4 is 5.32 Å². The molecule has 0 aliphatic heterocycles. The maximum Gasteiger partial charge on any atom is 0.0465 e. The quantitative estimate of drug-likeness (QED) is 0.711. The highest BCUT2D eigenvalue weighted by atomic mass is 16.5. The monoisotopic (exact) mass is 255 g/mol. The van der Waals surface area contributed by atoms with Gasteiger partial charge in [0.25, 0.3) is 0 Å². The van der Waals surface area contributed by atoms with Gasteiger partial charge in [-0.1, -0.05) is 40.0 Å². The molecular weight excluding hydrogens is 222 g/mol. The van der Waals surface area contributed by atoms with Crippen LogP contribution in [0.3, 0.4) is 0 Å². The number of ether oxygens (including phenoxy) is 1. The summed E-state index contributed by atoms with van der Waals surface area (Å²) >= 11 is 0. The Bertz CT molecular complexity index is 199. The van der Waals surface area contributed by atoms with Crippen molar-refractivity contribution in [3.63, 3.8) is 0 Å². The minimum Gasteiger partial charge on any atom is -0.385 e. The molecule has 0 radical (unpaired) electrons. The van der Waals surface area contributed by atoms with Gasteiger partial charge in [0.1, 0.15) is 0 Å². The Labute approximate surface area is 114 Å². The summed E-state index contributed by atoms with van der Waals surface area (Å²) in [6.45, 7) is 8.95. The Kier molecular flexibility index (Phi) is 7.92. The standard InChI is InChI=1S/C16H33NO/c1-5-14-7-9-15(10-8-14)16(17-6-2)13(3)11-12-18-4/h13-17H,5-12H2,1-4H3. The zero-order valence-corrected chi connectivity index (χ0v) is 12.9. The van der Waals surface area contributed by atoms with Crippen LogP contribution in [0.4, 0.5) is 0 Å². The summed E-state index contributed by atoms with van der Waals surface area (Å²) < 4.78 is 5.23. The zero-order valence-electron chi connectivity index (χ0n) is 12.9. The summed E-state index contributed by atoms with van der Waals surface area (Å²) in [6, 6.07) is 0.697. The summed E-state index contributed by atoms with van der Waals surface area (Å²) in [7, 11) is 1.81. The van der Waals surface area contributed by atoms with E-state index in [4.69, 9.17) is 4.74 Å². The molecule has 0 heterocycles. The van der Waals surface area contributed by atoms with Gasteiger partial charge in [-0.15, -0.1) is 0 Å². The van der Waals surface area contributed by atoms with E-state index < -0.39 is 0 Å². The van der Waals surface area contributed by atoms with Crippen molar-refractivity contribution in [1.82, 2.24) is 5.32 Å². The number of hydrogen-bond donors (Lipinski definition) is 1. The first-order valence-electron chi connectivity index (χ1n) is 7.95. The molecule has 0 amide bonds. The molecule has 1 fully saturated rings. The van der Waals surface area contributed by atoms with E-state index in [-0.39, 0.29) is 0 Å². The predicted molar refractivity (Wildman–Crippen MR) is 78.9 cm³/mol. The lowest BCUT2D eigenvalue weighted by molar-refractivity contribution is 0.139. The molecule has 1 rings (SSSR count). The molecular formula is C16H33NO. The third-order valence-corrected chi connectivity index (χ3v) is 4.81. The molecule has 1 N–H and O–H groups in total. The van der Waals surface area contributed by atoms with Crippen LogP contribution in [-0.2, 0) is 4.74 Å². The number of rotatable bonds is 8. The van der Waals surface area contributed by atoms with Gasteiger partial charge in [-0.25, -0.2) is 0 Å². The van der Waals surface area contributed by atoms with Gasteiger partial charge >= 0.3 is 0 Å². The Morgan fingerprint density at radius 2 is 1.83 bits per heavy atom. The molecule has 0 aromatic rings. The normalized spacial score (nSPS) is 28.0. The minimum absolute atomic E-state index is 0.697.